The van der Waals surface area contributed by atoms with Crippen LogP contribution in [0, 0.1) is 24.2 Å². The molecule has 0 atom stereocenters. The van der Waals surface area contributed by atoms with E-state index in [2.05, 4.69) is 4.98 Å². The Kier molecular flexibility index (Phi) is 4.47. The van der Waals surface area contributed by atoms with Gasteiger partial charge in [-0.25, -0.2) is 4.79 Å². The molecule has 0 aliphatic carbocycles. The number of carboxylic acids is 1. The summed E-state index contributed by atoms with van der Waals surface area (Å²) in [7, 11) is 0. The van der Waals surface area contributed by atoms with Crippen LogP contribution in [0.5, 0.6) is 5.88 Å². The van der Waals surface area contributed by atoms with Gasteiger partial charge in [-0.3, -0.25) is 4.40 Å². The van der Waals surface area contributed by atoms with Crippen molar-refractivity contribution in [1.29, 1.82) is 5.26 Å². The molecule has 0 aromatic carbocycles. The summed E-state index contributed by atoms with van der Waals surface area (Å²) in [6.45, 7) is 6.35. The molecular weight excluding hydrogens is 282 g/mol. The van der Waals surface area contributed by atoms with E-state index in [1.54, 1.807) is 16.5 Å². The van der Waals surface area contributed by atoms with Gasteiger partial charge in [0.2, 0.25) is 5.88 Å². The number of imidazole rings is 1. The number of aliphatic carboxylic acids is 1. The van der Waals surface area contributed by atoms with Crippen molar-refractivity contribution in [3.05, 3.63) is 35.2 Å². The van der Waals surface area contributed by atoms with Crippen LogP contribution in [0.25, 0.3) is 11.7 Å². The number of nitrogens with zero attached hydrogens (tertiary/aromatic N) is 3. The molecule has 0 unspecified atom stereocenters. The lowest BCUT2D eigenvalue weighted by Gasteiger charge is -2.07. The SMILES string of the molecule is Cc1cccc2nc(OCC(C)C)c(/C=C(\C#N)C(=O)O)n12. The van der Waals surface area contributed by atoms with Gasteiger partial charge >= 0.3 is 5.97 Å². The minimum absolute atomic E-state index is 0.303. The summed E-state index contributed by atoms with van der Waals surface area (Å²) < 4.78 is 7.46. The summed E-state index contributed by atoms with van der Waals surface area (Å²) in [5.74, 6) is -0.643. The van der Waals surface area contributed by atoms with E-state index < -0.39 is 5.97 Å². The van der Waals surface area contributed by atoms with Gasteiger partial charge in [0.1, 0.15) is 23.0 Å². The van der Waals surface area contributed by atoms with Crippen LogP contribution in [0.4, 0.5) is 0 Å². The van der Waals surface area contributed by atoms with Crippen molar-refractivity contribution in [1.82, 2.24) is 9.38 Å². The van der Waals surface area contributed by atoms with Gasteiger partial charge in [-0.05, 0) is 31.1 Å². The Balaban J connectivity index is 2.64. The quantitative estimate of drug-likeness (QED) is 0.677. The molecule has 0 saturated carbocycles. The third kappa shape index (κ3) is 3.09. The fraction of sp³-hybridized carbons (Fsp3) is 0.312. The molecule has 2 aromatic heterocycles. The molecule has 6 nitrogen and oxygen atoms in total. The number of aryl methyl sites for hydroxylation is 1. The van der Waals surface area contributed by atoms with Crippen molar-refractivity contribution in [2.45, 2.75) is 20.8 Å². The number of fused-ring (bicyclic) bond motifs is 1. The average Bonchev–Trinajstić information content (AvgIpc) is 2.81. The Morgan fingerprint density at radius 3 is 2.86 bits per heavy atom. The van der Waals surface area contributed by atoms with Crippen molar-refractivity contribution in [3.63, 3.8) is 0 Å². The zero-order chi connectivity index (χ0) is 16.3. The fourth-order valence-corrected chi connectivity index (χ4v) is 2.02. The Hall–Kier alpha value is -2.81. The number of nitriles is 1. The smallest absolute Gasteiger partial charge is 0.346 e. The number of aromatic nitrogens is 2. The molecule has 2 rings (SSSR count). The molecule has 0 aliphatic rings. The van der Waals surface area contributed by atoms with E-state index in [4.69, 9.17) is 15.1 Å². The Morgan fingerprint density at radius 2 is 2.27 bits per heavy atom. The third-order valence-electron chi connectivity index (χ3n) is 3.03. The maximum atomic E-state index is 11.1. The summed E-state index contributed by atoms with van der Waals surface area (Å²) in [4.78, 5) is 15.5. The first kappa shape index (κ1) is 15.6. The highest BCUT2D eigenvalue weighted by molar-refractivity contribution is 5.96. The molecule has 0 spiro atoms. The lowest BCUT2D eigenvalue weighted by atomic mass is 10.2. The molecule has 6 heteroatoms. The van der Waals surface area contributed by atoms with E-state index in [1.165, 1.54) is 6.08 Å². The largest absolute Gasteiger partial charge is 0.477 e. The molecule has 0 radical (unpaired) electrons. The number of carboxylic acid groups (broad SMARTS) is 1. The van der Waals surface area contributed by atoms with Crippen LogP contribution in [0.2, 0.25) is 0 Å². The normalized spacial score (nSPS) is 11.7. The maximum Gasteiger partial charge on any atom is 0.346 e. The van der Waals surface area contributed by atoms with Crippen molar-refractivity contribution in [2.24, 2.45) is 5.92 Å². The lowest BCUT2D eigenvalue weighted by molar-refractivity contribution is -0.132. The van der Waals surface area contributed by atoms with Gasteiger partial charge in [0.05, 0.1) is 6.61 Å². The Morgan fingerprint density at radius 1 is 1.55 bits per heavy atom. The molecule has 0 bridgehead atoms. The monoisotopic (exact) mass is 299 g/mol. The van der Waals surface area contributed by atoms with Crippen LogP contribution in [-0.2, 0) is 4.79 Å². The zero-order valence-electron chi connectivity index (χ0n) is 12.7. The van der Waals surface area contributed by atoms with Gasteiger partial charge in [0, 0.05) is 5.69 Å². The Labute approximate surface area is 128 Å². The van der Waals surface area contributed by atoms with E-state index in [0.717, 1.165) is 5.69 Å². The van der Waals surface area contributed by atoms with E-state index >= 15 is 0 Å². The molecule has 0 saturated heterocycles. The van der Waals surface area contributed by atoms with E-state index in [-0.39, 0.29) is 5.57 Å². The van der Waals surface area contributed by atoms with Crippen LogP contribution in [0.3, 0.4) is 0 Å². The number of ether oxygens (including phenoxy) is 1. The molecule has 0 fully saturated rings. The minimum atomic E-state index is -1.28. The highest BCUT2D eigenvalue weighted by Gasteiger charge is 2.16. The number of carbonyl (C=O) groups is 1. The molecule has 0 amide bonds. The second kappa shape index (κ2) is 6.31. The summed E-state index contributed by atoms with van der Waals surface area (Å²) >= 11 is 0. The highest BCUT2D eigenvalue weighted by atomic mass is 16.5. The molecule has 22 heavy (non-hydrogen) atoms. The second-order valence-electron chi connectivity index (χ2n) is 5.34. The van der Waals surface area contributed by atoms with Crippen LogP contribution < -0.4 is 4.74 Å². The van der Waals surface area contributed by atoms with Crippen molar-refractivity contribution in [3.8, 4) is 11.9 Å². The molecule has 114 valence electrons. The van der Waals surface area contributed by atoms with E-state index in [9.17, 15) is 4.79 Å². The van der Waals surface area contributed by atoms with Crippen LogP contribution in [0.15, 0.2) is 23.8 Å². The topological polar surface area (TPSA) is 87.6 Å². The van der Waals surface area contributed by atoms with Gasteiger partial charge in [0.15, 0.2) is 0 Å². The van der Waals surface area contributed by atoms with Gasteiger partial charge in [0.25, 0.3) is 0 Å². The maximum absolute atomic E-state index is 11.1. The highest BCUT2D eigenvalue weighted by Crippen LogP contribution is 2.25. The minimum Gasteiger partial charge on any atom is -0.477 e. The summed E-state index contributed by atoms with van der Waals surface area (Å²) in [6, 6.07) is 7.23. The lowest BCUT2D eigenvalue weighted by Crippen LogP contribution is -2.06. The summed E-state index contributed by atoms with van der Waals surface area (Å²) in [5.41, 5.74) is 1.62. The number of rotatable bonds is 5. The van der Waals surface area contributed by atoms with Gasteiger partial charge in [-0.2, -0.15) is 10.2 Å². The first-order valence-corrected chi connectivity index (χ1v) is 6.90. The molecule has 0 aliphatic heterocycles. The molecule has 2 heterocycles. The van der Waals surface area contributed by atoms with Crippen LogP contribution in [-0.4, -0.2) is 27.1 Å². The average molecular weight is 299 g/mol. The van der Waals surface area contributed by atoms with Crippen LogP contribution >= 0.6 is 0 Å². The van der Waals surface area contributed by atoms with Crippen molar-refractivity contribution >= 4 is 17.7 Å². The van der Waals surface area contributed by atoms with Crippen LogP contribution in [0.1, 0.15) is 25.2 Å². The van der Waals surface area contributed by atoms with Gasteiger partial charge in [-0.15, -0.1) is 0 Å². The fourth-order valence-electron chi connectivity index (χ4n) is 2.02. The van der Waals surface area contributed by atoms with Crippen molar-refractivity contribution < 1.29 is 14.6 Å². The van der Waals surface area contributed by atoms with Gasteiger partial charge in [-0.1, -0.05) is 19.9 Å². The first-order chi connectivity index (χ1) is 10.4. The molecule has 2 aromatic rings. The van der Waals surface area contributed by atoms with Crippen molar-refractivity contribution in [2.75, 3.05) is 6.61 Å². The number of hydrogen-bond acceptors (Lipinski definition) is 4. The van der Waals surface area contributed by atoms with E-state index in [0.29, 0.717) is 29.7 Å². The van der Waals surface area contributed by atoms with E-state index in [1.807, 2.05) is 32.9 Å². The standard InChI is InChI=1S/C16H17N3O3/c1-10(2)9-22-15-13(7-12(8-17)16(20)21)19-11(3)5-4-6-14(19)18-15/h4-7,10H,9H2,1-3H3,(H,20,21)/b12-7+. The second-order valence-corrected chi connectivity index (χ2v) is 5.34. The predicted molar refractivity (Wildman–Crippen MR) is 81.5 cm³/mol. The number of hydrogen-bond donors (Lipinski definition) is 1. The predicted octanol–water partition coefficient (Wildman–Crippen LogP) is 2.67. The Bertz CT molecular complexity index is 782. The first-order valence-electron chi connectivity index (χ1n) is 6.90. The molecule has 1 N–H and O–H groups in total. The number of pyridine rings is 1. The zero-order valence-corrected chi connectivity index (χ0v) is 12.7. The summed E-state index contributed by atoms with van der Waals surface area (Å²) in [6.07, 6.45) is 1.30. The third-order valence-corrected chi connectivity index (χ3v) is 3.03. The van der Waals surface area contributed by atoms with Gasteiger partial charge < -0.3 is 9.84 Å². The summed E-state index contributed by atoms with van der Waals surface area (Å²) in [5, 5.41) is 18.0. The molecular formula is C16H17N3O3.